The molecule has 0 unspecified atom stereocenters. The number of methoxy groups -OCH3 is 1. The van der Waals surface area contributed by atoms with Crippen molar-refractivity contribution in [2.24, 2.45) is 0 Å². The van der Waals surface area contributed by atoms with Crippen LogP contribution in [0.3, 0.4) is 0 Å². The van der Waals surface area contributed by atoms with Crippen molar-refractivity contribution < 1.29 is 14.3 Å². The highest BCUT2D eigenvalue weighted by atomic mass is 16.5. The van der Waals surface area contributed by atoms with Gasteiger partial charge in [-0.2, -0.15) is 0 Å². The highest BCUT2D eigenvalue weighted by molar-refractivity contribution is 6.03. The summed E-state index contributed by atoms with van der Waals surface area (Å²) in [4.78, 5) is 48.1. The third-order valence-corrected chi connectivity index (χ3v) is 3.89. The topological polar surface area (TPSA) is 116 Å². The van der Waals surface area contributed by atoms with E-state index in [9.17, 15) is 14.4 Å². The summed E-state index contributed by atoms with van der Waals surface area (Å²) in [6.45, 7) is 2.19. The Kier molecular flexibility index (Phi) is 5.41. The molecule has 3 aromatic heterocycles. The first-order valence-electron chi connectivity index (χ1n) is 8.32. The quantitative estimate of drug-likeness (QED) is 0.643. The molecule has 3 aromatic rings. The van der Waals surface area contributed by atoms with E-state index in [-0.39, 0.29) is 36.4 Å². The standard InChI is InChI=1S/C18H18N4O5/c1-3-27-17(24)11-10-13(12-6-4-5-7-19-12)20-15-14(11)16(23)21-18(25)22(15)8-9-26-2/h4-7,10H,3,8-9H2,1-2H3,(H,21,23,25). The van der Waals surface area contributed by atoms with E-state index in [2.05, 4.69) is 15.0 Å². The van der Waals surface area contributed by atoms with Crippen LogP contribution >= 0.6 is 0 Å². The number of aromatic nitrogens is 4. The Hall–Kier alpha value is -3.33. The van der Waals surface area contributed by atoms with Crippen molar-refractivity contribution in [3.8, 4) is 11.4 Å². The summed E-state index contributed by atoms with van der Waals surface area (Å²) in [6, 6.07) is 6.68. The van der Waals surface area contributed by atoms with Gasteiger partial charge in [0.2, 0.25) is 0 Å². The molecule has 0 atom stereocenters. The number of rotatable bonds is 6. The molecule has 0 saturated carbocycles. The number of ether oxygens (including phenoxy) is 2. The zero-order valence-corrected chi connectivity index (χ0v) is 14.9. The zero-order chi connectivity index (χ0) is 19.4. The number of esters is 1. The molecule has 0 bridgehead atoms. The van der Waals surface area contributed by atoms with Gasteiger partial charge in [-0.15, -0.1) is 0 Å². The lowest BCUT2D eigenvalue weighted by Gasteiger charge is -2.12. The number of carbonyl (C=O) groups is 1. The van der Waals surface area contributed by atoms with Crippen molar-refractivity contribution in [2.75, 3.05) is 20.3 Å². The minimum absolute atomic E-state index is 0.0103. The molecule has 9 nitrogen and oxygen atoms in total. The maximum atomic E-state index is 12.5. The number of pyridine rings is 2. The number of hydrogen-bond donors (Lipinski definition) is 1. The van der Waals surface area contributed by atoms with Crippen molar-refractivity contribution in [1.29, 1.82) is 0 Å². The van der Waals surface area contributed by atoms with Gasteiger partial charge in [0.25, 0.3) is 5.56 Å². The van der Waals surface area contributed by atoms with Gasteiger partial charge >= 0.3 is 11.7 Å². The molecular formula is C18H18N4O5. The molecule has 27 heavy (non-hydrogen) atoms. The lowest BCUT2D eigenvalue weighted by Crippen LogP contribution is -2.33. The van der Waals surface area contributed by atoms with Crippen LogP contribution in [-0.2, 0) is 16.0 Å². The fraction of sp³-hybridized carbons (Fsp3) is 0.278. The Morgan fingerprint density at radius 1 is 1.26 bits per heavy atom. The summed E-state index contributed by atoms with van der Waals surface area (Å²) in [5, 5.41) is -0.0103. The molecule has 0 spiro atoms. The first-order chi connectivity index (χ1) is 13.1. The maximum absolute atomic E-state index is 12.5. The van der Waals surface area contributed by atoms with Crippen LogP contribution in [0.25, 0.3) is 22.4 Å². The minimum atomic E-state index is -0.702. The van der Waals surface area contributed by atoms with Crippen LogP contribution in [0.4, 0.5) is 0 Å². The van der Waals surface area contributed by atoms with Gasteiger partial charge in [0.15, 0.2) is 5.65 Å². The van der Waals surface area contributed by atoms with Crippen molar-refractivity contribution in [1.82, 2.24) is 19.5 Å². The van der Waals surface area contributed by atoms with Crippen LogP contribution in [0.2, 0.25) is 0 Å². The Balaban J connectivity index is 2.38. The molecule has 0 saturated heterocycles. The van der Waals surface area contributed by atoms with Gasteiger partial charge in [-0.05, 0) is 25.1 Å². The summed E-state index contributed by atoms with van der Waals surface area (Å²) in [7, 11) is 1.50. The summed E-state index contributed by atoms with van der Waals surface area (Å²) in [5.41, 5.74) is -0.392. The third-order valence-electron chi connectivity index (χ3n) is 3.89. The molecule has 0 aromatic carbocycles. The van der Waals surface area contributed by atoms with Gasteiger partial charge in [-0.3, -0.25) is 19.3 Å². The van der Waals surface area contributed by atoms with E-state index in [1.54, 1.807) is 31.3 Å². The SMILES string of the molecule is CCOC(=O)c1cc(-c2ccccn2)nc2c1c(=O)[nH]c(=O)n2CCOC. The second-order valence-electron chi connectivity index (χ2n) is 5.59. The number of hydrogen-bond acceptors (Lipinski definition) is 7. The van der Waals surface area contributed by atoms with Crippen LogP contribution in [0.15, 0.2) is 40.1 Å². The van der Waals surface area contributed by atoms with E-state index < -0.39 is 17.2 Å². The summed E-state index contributed by atoms with van der Waals surface area (Å²) >= 11 is 0. The minimum Gasteiger partial charge on any atom is -0.462 e. The molecule has 0 amide bonds. The number of nitrogens with zero attached hydrogens (tertiary/aromatic N) is 3. The van der Waals surface area contributed by atoms with E-state index in [1.807, 2.05) is 0 Å². The van der Waals surface area contributed by atoms with Crippen molar-refractivity contribution >= 4 is 17.0 Å². The van der Waals surface area contributed by atoms with Gasteiger partial charge in [0.1, 0.15) is 0 Å². The molecule has 9 heteroatoms. The largest absolute Gasteiger partial charge is 0.462 e. The molecule has 0 aliphatic rings. The Morgan fingerprint density at radius 2 is 2.07 bits per heavy atom. The van der Waals surface area contributed by atoms with Crippen LogP contribution in [0.1, 0.15) is 17.3 Å². The molecule has 0 aliphatic heterocycles. The van der Waals surface area contributed by atoms with E-state index >= 15 is 0 Å². The van der Waals surface area contributed by atoms with E-state index in [1.165, 1.54) is 17.7 Å². The van der Waals surface area contributed by atoms with Gasteiger partial charge in [-0.25, -0.2) is 14.6 Å². The lowest BCUT2D eigenvalue weighted by molar-refractivity contribution is 0.0528. The van der Waals surface area contributed by atoms with E-state index in [4.69, 9.17) is 9.47 Å². The van der Waals surface area contributed by atoms with Crippen LogP contribution in [0, 0.1) is 0 Å². The molecule has 0 aliphatic carbocycles. The molecule has 0 fully saturated rings. The summed E-state index contributed by atoms with van der Waals surface area (Å²) < 4.78 is 11.4. The number of nitrogens with one attached hydrogen (secondary N) is 1. The molecular weight excluding hydrogens is 352 g/mol. The van der Waals surface area contributed by atoms with E-state index in [0.717, 1.165) is 0 Å². The van der Waals surface area contributed by atoms with E-state index in [0.29, 0.717) is 11.4 Å². The fourth-order valence-electron chi connectivity index (χ4n) is 2.68. The maximum Gasteiger partial charge on any atom is 0.339 e. The number of carbonyl (C=O) groups excluding carboxylic acids is 1. The predicted molar refractivity (Wildman–Crippen MR) is 97.7 cm³/mol. The monoisotopic (exact) mass is 370 g/mol. The average Bonchev–Trinajstić information content (AvgIpc) is 2.67. The first kappa shape index (κ1) is 18.5. The van der Waals surface area contributed by atoms with Crippen LogP contribution in [0.5, 0.6) is 0 Å². The van der Waals surface area contributed by atoms with Crippen molar-refractivity contribution in [2.45, 2.75) is 13.5 Å². The fourth-order valence-corrected chi connectivity index (χ4v) is 2.68. The van der Waals surface area contributed by atoms with Gasteiger partial charge in [-0.1, -0.05) is 6.07 Å². The number of aromatic amines is 1. The first-order valence-corrected chi connectivity index (χ1v) is 8.32. The van der Waals surface area contributed by atoms with Gasteiger partial charge < -0.3 is 9.47 Å². The lowest BCUT2D eigenvalue weighted by atomic mass is 10.1. The predicted octanol–water partition coefficient (Wildman–Crippen LogP) is 0.970. The number of fused-ring (bicyclic) bond motifs is 1. The van der Waals surface area contributed by atoms with Gasteiger partial charge in [0, 0.05) is 13.3 Å². The van der Waals surface area contributed by atoms with Crippen molar-refractivity contribution in [3.63, 3.8) is 0 Å². The van der Waals surface area contributed by atoms with Crippen LogP contribution < -0.4 is 11.2 Å². The smallest absolute Gasteiger partial charge is 0.339 e. The summed E-state index contributed by atoms with van der Waals surface area (Å²) in [6.07, 6.45) is 1.58. The molecule has 1 N–H and O–H groups in total. The molecule has 140 valence electrons. The molecule has 0 radical (unpaired) electrons. The highest BCUT2D eigenvalue weighted by Gasteiger charge is 2.21. The highest BCUT2D eigenvalue weighted by Crippen LogP contribution is 2.21. The summed E-state index contributed by atoms with van der Waals surface area (Å²) in [5.74, 6) is -0.676. The Bertz CT molecular complexity index is 1090. The Morgan fingerprint density at radius 3 is 2.74 bits per heavy atom. The molecule has 3 rings (SSSR count). The second kappa shape index (κ2) is 7.92. The van der Waals surface area contributed by atoms with Gasteiger partial charge in [0.05, 0.1) is 42.1 Å². The average molecular weight is 370 g/mol. The van der Waals surface area contributed by atoms with Crippen molar-refractivity contribution in [3.05, 3.63) is 56.9 Å². The van der Waals surface area contributed by atoms with Crippen LogP contribution in [-0.4, -0.2) is 45.8 Å². The molecule has 3 heterocycles. The Labute approximate surface area is 153 Å². The second-order valence-corrected chi connectivity index (χ2v) is 5.59. The zero-order valence-electron chi connectivity index (χ0n) is 14.9. The normalized spacial score (nSPS) is 10.9. The third kappa shape index (κ3) is 3.63. The number of H-pyrrole nitrogens is 1.